The summed E-state index contributed by atoms with van der Waals surface area (Å²) < 4.78 is 12.0. The third-order valence-corrected chi connectivity index (χ3v) is 8.58. The largest absolute Gasteiger partial charge is 0.504 e. The van der Waals surface area contributed by atoms with Crippen LogP contribution >= 0.6 is 0 Å². The number of hydrogen-bond acceptors (Lipinski definition) is 5. The highest BCUT2D eigenvalue weighted by molar-refractivity contribution is 5.66. The van der Waals surface area contributed by atoms with Crippen molar-refractivity contribution in [1.29, 1.82) is 0 Å². The number of benzene rings is 2. The molecule has 0 aliphatic heterocycles. The van der Waals surface area contributed by atoms with Gasteiger partial charge in [-0.1, -0.05) is 55.7 Å². The molecule has 3 atom stereocenters. The topological polar surface area (TPSA) is 76.0 Å². The van der Waals surface area contributed by atoms with Crippen molar-refractivity contribution in [1.82, 2.24) is 0 Å². The number of unbranched alkanes of at least 4 members (excludes halogenated alkanes) is 3. The van der Waals surface area contributed by atoms with E-state index >= 15 is 0 Å². The van der Waals surface area contributed by atoms with Gasteiger partial charge in [0.1, 0.15) is 5.60 Å². The maximum absolute atomic E-state index is 12.0. The molecule has 0 heterocycles. The highest BCUT2D eigenvalue weighted by Gasteiger charge is 2.42. The fraction of sp³-hybridized carbons (Fsp3) is 0.606. The maximum Gasteiger partial charge on any atom is 0.303 e. The van der Waals surface area contributed by atoms with Crippen molar-refractivity contribution in [3.8, 4) is 11.5 Å². The average molecular weight is 523 g/mol. The first-order valence-electron chi connectivity index (χ1n) is 14.8. The molecule has 38 heavy (non-hydrogen) atoms. The first kappa shape index (κ1) is 28.5. The van der Waals surface area contributed by atoms with E-state index < -0.39 is 11.7 Å². The van der Waals surface area contributed by atoms with Crippen LogP contribution in [0.3, 0.4) is 0 Å². The van der Waals surface area contributed by atoms with Crippen molar-refractivity contribution >= 4 is 5.97 Å². The Hall–Kier alpha value is -2.53. The molecule has 2 aromatic rings. The normalized spacial score (nSPS) is 23.8. The highest BCUT2D eigenvalue weighted by Crippen LogP contribution is 2.41. The number of aliphatic hydroxyl groups is 1. The molecule has 2 saturated carbocycles. The summed E-state index contributed by atoms with van der Waals surface area (Å²) in [6.45, 7) is 1.46. The van der Waals surface area contributed by atoms with Crippen molar-refractivity contribution in [2.75, 3.05) is 0 Å². The third-order valence-electron chi connectivity index (χ3n) is 8.58. The van der Waals surface area contributed by atoms with Gasteiger partial charge in [0, 0.05) is 13.3 Å². The number of aliphatic hydroxyl groups excluding tert-OH is 1. The Balaban J connectivity index is 1.24. The van der Waals surface area contributed by atoms with E-state index in [0.717, 1.165) is 50.5 Å². The molecule has 0 saturated heterocycles. The second-order valence-electron chi connectivity index (χ2n) is 11.6. The molecule has 0 radical (unpaired) electrons. The SMILES string of the molecule is CC(=O)O[C@@]1(CCc2ccc(O)c(OC3CCCC3)c2)CC[C@H](CCCCCCc2ccccc2)[C@H](O)C1. The molecular formula is C33H46O5. The number of carbonyl (C=O) groups excluding carboxylic acids is 1. The lowest BCUT2D eigenvalue weighted by Gasteiger charge is -2.42. The minimum Gasteiger partial charge on any atom is -0.504 e. The molecule has 0 aromatic heterocycles. The maximum atomic E-state index is 12.0. The van der Waals surface area contributed by atoms with Crippen molar-refractivity contribution in [2.45, 2.75) is 121 Å². The molecule has 0 unspecified atom stereocenters. The van der Waals surface area contributed by atoms with Gasteiger partial charge in [-0.2, -0.15) is 0 Å². The smallest absolute Gasteiger partial charge is 0.303 e. The monoisotopic (exact) mass is 522 g/mol. The second-order valence-corrected chi connectivity index (χ2v) is 11.6. The first-order chi connectivity index (χ1) is 18.4. The predicted molar refractivity (Wildman–Crippen MR) is 150 cm³/mol. The summed E-state index contributed by atoms with van der Waals surface area (Å²) in [7, 11) is 0. The van der Waals surface area contributed by atoms with E-state index in [1.165, 1.54) is 44.6 Å². The molecule has 2 aliphatic carbocycles. The number of aromatic hydroxyl groups is 1. The Labute approximate surface area is 228 Å². The summed E-state index contributed by atoms with van der Waals surface area (Å²) in [5.74, 6) is 0.702. The fourth-order valence-corrected chi connectivity index (χ4v) is 6.40. The minimum atomic E-state index is -0.637. The van der Waals surface area contributed by atoms with Crippen molar-refractivity contribution < 1.29 is 24.5 Å². The average Bonchev–Trinajstić information content (AvgIpc) is 3.41. The Morgan fingerprint density at radius 1 is 0.947 bits per heavy atom. The molecule has 2 N–H and O–H groups in total. The summed E-state index contributed by atoms with van der Waals surface area (Å²) in [5.41, 5.74) is 1.82. The van der Waals surface area contributed by atoms with Gasteiger partial charge in [0.15, 0.2) is 11.5 Å². The minimum absolute atomic E-state index is 0.173. The number of ether oxygens (including phenoxy) is 2. The molecule has 2 aliphatic rings. The van der Waals surface area contributed by atoms with Gasteiger partial charge in [0.2, 0.25) is 0 Å². The third kappa shape index (κ3) is 8.49. The zero-order valence-electron chi connectivity index (χ0n) is 23.1. The summed E-state index contributed by atoms with van der Waals surface area (Å²) in [5, 5.41) is 21.4. The van der Waals surface area contributed by atoms with E-state index in [2.05, 4.69) is 30.3 Å². The molecule has 2 fully saturated rings. The van der Waals surface area contributed by atoms with E-state index in [1.54, 1.807) is 6.07 Å². The number of aryl methyl sites for hydroxylation is 2. The predicted octanol–water partition coefficient (Wildman–Crippen LogP) is 7.30. The first-order valence-corrected chi connectivity index (χ1v) is 14.8. The Bertz CT molecular complexity index is 1000. The van der Waals surface area contributed by atoms with Crippen LogP contribution in [0.1, 0.15) is 102 Å². The van der Waals surface area contributed by atoms with Gasteiger partial charge >= 0.3 is 5.97 Å². The Morgan fingerprint density at radius 2 is 1.71 bits per heavy atom. The lowest BCUT2D eigenvalue weighted by Crippen LogP contribution is -2.45. The molecule has 208 valence electrons. The quantitative estimate of drug-likeness (QED) is 0.213. The molecule has 0 bridgehead atoms. The van der Waals surface area contributed by atoms with Gasteiger partial charge in [-0.25, -0.2) is 0 Å². The van der Waals surface area contributed by atoms with Gasteiger partial charge < -0.3 is 19.7 Å². The highest BCUT2D eigenvalue weighted by atomic mass is 16.6. The number of carbonyl (C=O) groups is 1. The molecule has 0 amide bonds. The summed E-state index contributed by atoms with van der Waals surface area (Å²) in [6, 6.07) is 16.2. The number of rotatable bonds is 13. The van der Waals surface area contributed by atoms with Gasteiger partial charge in [0.25, 0.3) is 0 Å². The van der Waals surface area contributed by atoms with Crippen LogP contribution in [0, 0.1) is 5.92 Å². The molecule has 2 aromatic carbocycles. The Morgan fingerprint density at radius 3 is 2.45 bits per heavy atom. The van der Waals surface area contributed by atoms with Gasteiger partial charge in [-0.05, 0) is 99.8 Å². The number of hydrogen-bond donors (Lipinski definition) is 2. The van der Waals surface area contributed by atoms with Crippen molar-refractivity contribution in [3.05, 3.63) is 59.7 Å². The van der Waals surface area contributed by atoms with E-state index in [0.29, 0.717) is 25.0 Å². The van der Waals surface area contributed by atoms with Crippen LogP contribution < -0.4 is 4.74 Å². The molecule has 4 rings (SSSR count). The van der Waals surface area contributed by atoms with Gasteiger partial charge in [0.05, 0.1) is 12.2 Å². The van der Waals surface area contributed by atoms with E-state index in [1.807, 2.05) is 12.1 Å². The molecule has 0 spiro atoms. The van der Waals surface area contributed by atoms with Crippen LogP contribution in [0.2, 0.25) is 0 Å². The number of phenols is 1. The van der Waals surface area contributed by atoms with E-state index in [9.17, 15) is 15.0 Å². The van der Waals surface area contributed by atoms with Gasteiger partial charge in [-0.15, -0.1) is 0 Å². The summed E-state index contributed by atoms with van der Waals surface area (Å²) in [6.07, 6.45) is 14.6. The van der Waals surface area contributed by atoms with Crippen molar-refractivity contribution in [2.24, 2.45) is 5.92 Å². The number of phenolic OH excluding ortho intramolecular Hbond substituents is 1. The Kier molecular flexibility index (Phi) is 10.5. The zero-order valence-corrected chi connectivity index (χ0v) is 23.1. The van der Waals surface area contributed by atoms with Crippen LogP contribution in [0.25, 0.3) is 0 Å². The molecular weight excluding hydrogens is 476 g/mol. The zero-order chi connectivity index (χ0) is 26.8. The summed E-state index contributed by atoms with van der Waals surface area (Å²) >= 11 is 0. The lowest BCUT2D eigenvalue weighted by molar-refractivity contribution is -0.168. The van der Waals surface area contributed by atoms with Crippen LogP contribution in [0.4, 0.5) is 0 Å². The summed E-state index contributed by atoms with van der Waals surface area (Å²) in [4.78, 5) is 12.0. The molecule has 5 heteroatoms. The standard InChI is InChI=1S/C33H46O5/c1-25(34)38-33(21-19-27-17-18-30(35)32(23-27)37-29-15-9-10-16-29)22-20-28(31(36)24-33)14-8-3-2-5-11-26-12-6-4-7-13-26/h4,6-7,12-13,17-18,23,28-29,31,35-36H,2-3,5,8-11,14-16,19-22,24H2,1H3/t28-,31+,33-/m0/s1. The number of esters is 1. The van der Waals surface area contributed by atoms with Gasteiger partial charge in [-0.3, -0.25) is 4.79 Å². The fourth-order valence-electron chi connectivity index (χ4n) is 6.40. The van der Waals surface area contributed by atoms with Crippen LogP contribution in [-0.2, 0) is 22.4 Å². The van der Waals surface area contributed by atoms with E-state index in [-0.39, 0.29) is 23.7 Å². The lowest BCUT2D eigenvalue weighted by atomic mass is 9.72. The van der Waals surface area contributed by atoms with Crippen LogP contribution in [0.15, 0.2) is 48.5 Å². The van der Waals surface area contributed by atoms with Crippen molar-refractivity contribution in [3.63, 3.8) is 0 Å². The molecule has 5 nitrogen and oxygen atoms in total. The van der Waals surface area contributed by atoms with Crippen LogP contribution in [-0.4, -0.2) is 34.0 Å². The van der Waals surface area contributed by atoms with Crippen LogP contribution in [0.5, 0.6) is 11.5 Å². The van der Waals surface area contributed by atoms with E-state index in [4.69, 9.17) is 9.47 Å². The second kappa shape index (κ2) is 14.0.